The van der Waals surface area contributed by atoms with Crippen molar-refractivity contribution in [1.29, 1.82) is 0 Å². The minimum absolute atomic E-state index is 0.225. The highest BCUT2D eigenvalue weighted by Crippen LogP contribution is 2.25. The van der Waals surface area contributed by atoms with E-state index in [0.717, 1.165) is 17.0 Å². The normalized spacial score (nSPS) is 15.8. The van der Waals surface area contributed by atoms with Gasteiger partial charge < -0.3 is 4.74 Å². The molecule has 1 saturated heterocycles. The third kappa shape index (κ3) is 2.22. The van der Waals surface area contributed by atoms with Crippen molar-refractivity contribution in [3.05, 3.63) is 23.8 Å². The second-order valence-electron chi connectivity index (χ2n) is 3.91. The van der Waals surface area contributed by atoms with Crippen molar-refractivity contribution in [2.75, 3.05) is 18.6 Å². The smallest absolute Gasteiger partial charge is 0.328 e. The van der Waals surface area contributed by atoms with Gasteiger partial charge in [-0.1, -0.05) is 0 Å². The maximum Gasteiger partial charge on any atom is 0.328 e. The molecule has 1 aromatic rings. The van der Waals surface area contributed by atoms with E-state index in [2.05, 4.69) is 5.32 Å². The van der Waals surface area contributed by atoms with Crippen molar-refractivity contribution < 1.29 is 14.3 Å². The zero-order chi connectivity index (χ0) is 12.4. The van der Waals surface area contributed by atoms with Crippen molar-refractivity contribution >= 4 is 17.6 Å². The Morgan fingerprint density at radius 2 is 2.12 bits per heavy atom. The second-order valence-corrected chi connectivity index (χ2v) is 3.91. The number of hydrogen-bond donors (Lipinski definition) is 1. The zero-order valence-corrected chi connectivity index (χ0v) is 9.82. The van der Waals surface area contributed by atoms with E-state index < -0.39 is 0 Å². The second kappa shape index (κ2) is 4.45. The predicted octanol–water partition coefficient (Wildman–Crippen LogP) is 1.45. The van der Waals surface area contributed by atoms with Crippen LogP contribution in [-0.2, 0) is 4.79 Å². The number of imide groups is 1. The molecule has 0 spiro atoms. The summed E-state index contributed by atoms with van der Waals surface area (Å²) in [6, 6.07) is 5.11. The van der Waals surface area contributed by atoms with Crippen LogP contribution in [0.5, 0.6) is 5.75 Å². The van der Waals surface area contributed by atoms with Gasteiger partial charge in [-0.2, -0.15) is 0 Å². The average molecular weight is 234 g/mol. The summed E-state index contributed by atoms with van der Waals surface area (Å²) in [6.45, 7) is 2.32. The lowest BCUT2D eigenvalue weighted by Gasteiger charge is -2.27. The lowest BCUT2D eigenvalue weighted by atomic mass is 10.1. The number of ether oxygens (including phenoxy) is 1. The van der Waals surface area contributed by atoms with Crippen molar-refractivity contribution in [3.8, 4) is 5.75 Å². The van der Waals surface area contributed by atoms with Crippen LogP contribution in [0.2, 0.25) is 0 Å². The van der Waals surface area contributed by atoms with Crippen LogP contribution in [0.1, 0.15) is 12.0 Å². The van der Waals surface area contributed by atoms with Crippen molar-refractivity contribution in [1.82, 2.24) is 5.32 Å². The summed E-state index contributed by atoms with van der Waals surface area (Å²) in [6.07, 6.45) is 0.331. The van der Waals surface area contributed by atoms with Crippen molar-refractivity contribution in [2.45, 2.75) is 13.3 Å². The highest BCUT2D eigenvalue weighted by molar-refractivity contribution is 6.05. The monoisotopic (exact) mass is 234 g/mol. The summed E-state index contributed by atoms with van der Waals surface area (Å²) < 4.78 is 5.11. The Bertz CT molecular complexity index is 471. The first-order valence-corrected chi connectivity index (χ1v) is 5.38. The molecule has 0 saturated carbocycles. The summed E-state index contributed by atoms with van der Waals surface area (Å²) in [7, 11) is 1.60. The number of nitrogens with one attached hydrogen (secondary N) is 1. The maximum absolute atomic E-state index is 11.7. The standard InChI is InChI=1S/C12H14N2O3/c1-8-7-9(17-2)3-4-10(8)14-6-5-11(15)13-12(14)16/h3-4,7H,5-6H2,1-2H3,(H,13,15,16). The highest BCUT2D eigenvalue weighted by atomic mass is 16.5. The Hall–Kier alpha value is -2.04. The third-order valence-electron chi connectivity index (χ3n) is 2.75. The fourth-order valence-electron chi connectivity index (χ4n) is 1.85. The number of urea groups is 1. The summed E-state index contributed by atoms with van der Waals surface area (Å²) in [5.74, 6) is 0.525. The number of aryl methyl sites for hydroxylation is 1. The van der Waals surface area contributed by atoms with Gasteiger partial charge in [-0.05, 0) is 30.7 Å². The van der Waals surface area contributed by atoms with Gasteiger partial charge >= 0.3 is 6.03 Å². The van der Waals surface area contributed by atoms with Crippen LogP contribution in [0, 0.1) is 6.92 Å². The molecule has 0 atom stereocenters. The zero-order valence-electron chi connectivity index (χ0n) is 9.82. The van der Waals surface area contributed by atoms with Crippen molar-refractivity contribution in [2.24, 2.45) is 0 Å². The van der Waals surface area contributed by atoms with E-state index in [4.69, 9.17) is 4.74 Å². The van der Waals surface area contributed by atoms with Gasteiger partial charge in [0.15, 0.2) is 0 Å². The Balaban J connectivity index is 2.28. The number of nitrogens with zero attached hydrogens (tertiary/aromatic N) is 1. The summed E-state index contributed by atoms with van der Waals surface area (Å²) in [5, 5.41) is 2.30. The van der Waals surface area contributed by atoms with Crippen LogP contribution in [0.3, 0.4) is 0 Å². The molecule has 5 heteroatoms. The van der Waals surface area contributed by atoms with Crippen LogP contribution in [0.25, 0.3) is 0 Å². The Morgan fingerprint density at radius 1 is 1.35 bits per heavy atom. The molecule has 1 aliphatic heterocycles. The lowest BCUT2D eigenvalue weighted by molar-refractivity contribution is -0.120. The molecule has 1 aliphatic rings. The molecule has 90 valence electrons. The van der Waals surface area contributed by atoms with E-state index >= 15 is 0 Å². The van der Waals surface area contributed by atoms with Gasteiger partial charge in [0.05, 0.1) is 7.11 Å². The molecule has 17 heavy (non-hydrogen) atoms. The maximum atomic E-state index is 11.7. The molecule has 0 radical (unpaired) electrons. The highest BCUT2D eigenvalue weighted by Gasteiger charge is 2.25. The Kier molecular flexibility index (Phi) is 2.99. The van der Waals surface area contributed by atoms with E-state index in [9.17, 15) is 9.59 Å². The molecule has 5 nitrogen and oxygen atoms in total. The number of benzene rings is 1. The Labute approximate surface area is 99.4 Å². The number of carbonyl (C=O) groups is 2. The van der Waals surface area contributed by atoms with Gasteiger partial charge in [-0.25, -0.2) is 4.79 Å². The Morgan fingerprint density at radius 3 is 2.71 bits per heavy atom. The van der Waals surface area contributed by atoms with Crippen LogP contribution in [-0.4, -0.2) is 25.6 Å². The van der Waals surface area contributed by atoms with E-state index in [1.54, 1.807) is 18.1 Å². The lowest BCUT2D eigenvalue weighted by Crippen LogP contribution is -2.49. The minimum atomic E-state index is -0.366. The molecule has 0 bridgehead atoms. The van der Waals surface area contributed by atoms with Crippen LogP contribution >= 0.6 is 0 Å². The number of amides is 3. The first-order valence-electron chi connectivity index (χ1n) is 5.38. The number of methoxy groups -OCH3 is 1. The first-order chi connectivity index (χ1) is 8.11. The number of anilines is 1. The SMILES string of the molecule is COc1ccc(N2CCC(=O)NC2=O)c(C)c1. The molecule has 1 aromatic carbocycles. The molecule has 1 heterocycles. The van der Waals surface area contributed by atoms with Gasteiger partial charge in [-0.15, -0.1) is 0 Å². The number of rotatable bonds is 2. The van der Waals surface area contributed by atoms with E-state index in [1.165, 1.54) is 0 Å². The molecule has 3 amide bonds. The molecule has 1 N–H and O–H groups in total. The summed E-state index contributed by atoms with van der Waals surface area (Å²) in [4.78, 5) is 24.3. The largest absolute Gasteiger partial charge is 0.497 e. The molecule has 1 fully saturated rings. The van der Waals surface area contributed by atoms with Gasteiger partial charge in [0.1, 0.15) is 5.75 Å². The average Bonchev–Trinajstić information content (AvgIpc) is 2.30. The van der Waals surface area contributed by atoms with Gasteiger partial charge in [-0.3, -0.25) is 15.0 Å². The molecular weight excluding hydrogens is 220 g/mol. The fraction of sp³-hybridized carbons (Fsp3) is 0.333. The van der Waals surface area contributed by atoms with Crippen LogP contribution in [0.4, 0.5) is 10.5 Å². The molecule has 0 aliphatic carbocycles. The summed E-state index contributed by atoms with van der Waals surface area (Å²) in [5.41, 5.74) is 1.74. The number of carbonyl (C=O) groups excluding carboxylic acids is 2. The fourth-order valence-corrected chi connectivity index (χ4v) is 1.85. The van der Waals surface area contributed by atoms with Gasteiger partial charge in [0, 0.05) is 18.7 Å². The third-order valence-corrected chi connectivity index (χ3v) is 2.75. The predicted molar refractivity (Wildman–Crippen MR) is 63.2 cm³/mol. The molecular formula is C12H14N2O3. The number of hydrogen-bond acceptors (Lipinski definition) is 3. The van der Waals surface area contributed by atoms with Gasteiger partial charge in [0.25, 0.3) is 0 Å². The van der Waals surface area contributed by atoms with Crippen molar-refractivity contribution in [3.63, 3.8) is 0 Å². The van der Waals surface area contributed by atoms with Crippen LogP contribution in [0.15, 0.2) is 18.2 Å². The van der Waals surface area contributed by atoms with E-state index in [1.807, 2.05) is 19.1 Å². The van der Waals surface area contributed by atoms with Crippen LogP contribution < -0.4 is 15.0 Å². The van der Waals surface area contributed by atoms with Gasteiger partial charge in [0.2, 0.25) is 5.91 Å². The molecule has 2 rings (SSSR count). The quantitative estimate of drug-likeness (QED) is 0.842. The van der Waals surface area contributed by atoms with E-state index in [0.29, 0.717) is 13.0 Å². The van der Waals surface area contributed by atoms with E-state index in [-0.39, 0.29) is 11.9 Å². The summed E-state index contributed by atoms with van der Waals surface area (Å²) >= 11 is 0. The molecule has 0 unspecified atom stereocenters. The minimum Gasteiger partial charge on any atom is -0.497 e. The molecule has 0 aromatic heterocycles. The topological polar surface area (TPSA) is 58.6 Å². The first kappa shape index (κ1) is 11.4.